The van der Waals surface area contributed by atoms with Crippen LogP contribution in [0.1, 0.15) is 64.0 Å². The molecule has 0 aliphatic rings. The van der Waals surface area contributed by atoms with E-state index in [4.69, 9.17) is 9.47 Å². The second kappa shape index (κ2) is 14.2. The van der Waals surface area contributed by atoms with E-state index >= 15 is 0 Å². The molecule has 0 fully saturated rings. The highest BCUT2D eigenvalue weighted by molar-refractivity contribution is 5.27. The first-order chi connectivity index (χ1) is 12.7. The van der Waals surface area contributed by atoms with E-state index < -0.39 is 0 Å². The van der Waals surface area contributed by atoms with Crippen LogP contribution in [0.15, 0.2) is 48.5 Å². The summed E-state index contributed by atoms with van der Waals surface area (Å²) in [4.78, 5) is 0. The van der Waals surface area contributed by atoms with E-state index in [9.17, 15) is 0 Å². The molecule has 0 aromatic heterocycles. The summed E-state index contributed by atoms with van der Waals surface area (Å²) in [6, 6.07) is 16.6. The summed E-state index contributed by atoms with van der Waals surface area (Å²) in [7, 11) is 0. The number of rotatable bonds is 10. The van der Waals surface area contributed by atoms with Crippen LogP contribution in [0, 0.1) is 6.92 Å². The second-order valence-corrected chi connectivity index (χ2v) is 6.57. The van der Waals surface area contributed by atoms with Crippen molar-refractivity contribution in [1.29, 1.82) is 0 Å². The number of hydrogen-bond acceptors (Lipinski definition) is 2. The summed E-state index contributed by atoms with van der Waals surface area (Å²) in [5.41, 5.74) is 2.64. The molecule has 0 spiro atoms. The lowest BCUT2D eigenvalue weighted by Gasteiger charge is -2.05. The molecular weight excluding hydrogens is 320 g/mol. The smallest absolute Gasteiger partial charge is 0.119 e. The third-order valence-corrected chi connectivity index (χ3v) is 4.14. The fourth-order valence-electron chi connectivity index (χ4n) is 2.33. The van der Waals surface area contributed by atoms with Crippen molar-refractivity contribution in [3.8, 4) is 11.5 Å². The van der Waals surface area contributed by atoms with Gasteiger partial charge in [-0.3, -0.25) is 0 Å². The molecular formula is C24H36O2. The van der Waals surface area contributed by atoms with Crippen LogP contribution in [0.3, 0.4) is 0 Å². The predicted octanol–water partition coefficient (Wildman–Crippen LogP) is 6.99. The lowest BCUT2D eigenvalue weighted by molar-refractivity contribution is 0.306. The van der Waals surface area contributed by atoms with Crippen LogP contribution >= 0.6 is 0 Å². The van der Waals surface area contributed by atoms with Gasteiger partial charge >= 0.3 is 0 Å². The van der Waals surface area contributed by atoms with E-state index in [2.05, 4.69) is 64.1 Å². The largest absolute Gasteiger partial charge is 0.494 e. The minimum Gasteiger partial charge on any atom is -0.494 e. The zero-order valence-electron chi connectivity index (χ0n) is 17.1. The van der Waals surface area contributed by atoms with Crippen LogP contribution < -0.4 is 9.47 Å². The number of ether oxygens (including phenoxy) is 2. The van der Waals surface area contributed by atoms with Gasteiger partial charge in [-0.25, -0.2) is 0 Å². The van der Waals surface area contributed by atoms with Crippen LogP contribution in [-0.4, -0.2) is 13.2 Å². The highest BCUT2D eigenvalue weighted by Gasteiger charge is 1.93. The maximum Gasteiger partial charge on any atom is 0.119 e. The Morgan fingerprint density at radius 2 is 1.12 bits per heavy atom. The fourth-order valence-corrected chi connectivity index (χ4v) is 2.33. The Bertz CT molecular complexity index is 558. The van der Waals surface area contributed by atoms with E-state index in [1.165, 1.54) is 30.4 Å². The standard InChI is InChI=1S/2C12H18O/c1-3-4-5-10-13-12-8-6-11(2)7-9-12;1-3-5-10-13-12-8-6-11(4-2)7-9-12/h2*6-9H,3-5,10H2,1-2H3. The Labute approximate surface area is 160 Å². The highest BCUT2D eigenvalue weighted by atomic mass is 16.5. The summed E-state index contributed by atoms with van der Waals surface area (Å²) in [5.74, 6) is 1.98. The maximum atomic E-state index is 5.56. The molecule has 2 rings (SSSR count). The molecule has 0 amide bonds. The van der Waals surface area contributed by atoms with Crippen LogP contribution in [0.2, 0.25) is 0 Å². The van der Waals surface area contributed by atoms with Crippen LogP contribution in [-0.2, 0) is 6.42 Å². The maximum absolute atomic E-state index is 5.56. The van der Waals surface area contributed by atoms with Crippen molar-refractivity contribution in [1.82, 2.24) is 0 Å². The first-order valence-electron chi connectivity index (χ1n) is 10.1. The van der Waals surface area contributed by atoms with Gasteiger partial charge in [-0.05, 0) is 56.0 Å². The van der Waals surface area contributed by atoms with Crippen LogP contribution in [0.5, 0.6) is 11.5 Å². The number of aryl methyl sites for hydroxylation is 2. The van der Waals surface area contributed by atoms with Gasteiger partial charge in [-0.1, -0.05) is 69.9 Å². The average Bonchev–Trinajstić information content (AvgIpc) is 2.68. The summed E-state index contributed by atoms with van der Waals surface area (Å²) < 4.78 is 11.1. The monoisotopic (exact) mass is 356 g/mol. The molecule has 0 bridgehead atoms. The van der Waals surface area contributed by atoms with Crippen molar-refractivity contribution >= 4 is 0 Å². The molecule has 2 aromatic carbocycles. The number of unbranched alkanes of at least 4 members (excludes halogenated alkanes) is 3. The van der Waals surface area contributed by atoms with Gasteiger partial charge in [0.25, 0.3) is 0 Å². The zero-order chi connectivity index (χ0) is 19.0. The average molecular weight is 357 g/mol. The molecule has 144 valence electrons. The molecule has 2 aromatic rings. The molecule has 0 radical (unpaired) electrons. The van der Waals surface area contributed by atoms with E-state index in [1.54, 1.807) is 0 Å². The third kappa shape index (κ3) is 10.1. The SMILES string of the molecule is CCCCCOc1ccc(C)cc1.CCCCOc1ccc(CC)cc1. The van der Waals surface area contributed by atoms with Gasteiger partial charge in [0.05, 0.1) is 13.2 Å². The van der Waals surface area contributed by atoms with Gasteiger partial charge in [0.15, 0.2) is 0 Å². The minimum absolute atomic E-state index is 0.835. The normalized spacial score (nSPS) is 10.0. The van der Waals surface area contributed by atoms with Gasteiger partial charge in [-0.15, -0.1) is 0 Å². The van der Waals surface area contributed by atoms with E-state index in [1.807, 2.05) is 12.1 Å². The van der Waals surface area contributed by atoms with Crippen molar-refractivity contribution in [3.63, 3.8) is 0 Å². The second-order valence-electron chi connectivity index (χ2n) is 6.57. The quantitative estimate of drug-likeness (QED) is 0.427. The Morgan fingerprint density at radius 3 is 1.62 bits per heavy atom. The minimum atomic E-state index is 0.835. The summed E-state index contributed by atoms with van der Waals surface area (Å²) >= 11 is 0. The topological polar surface area (TPSA) is 18.5 Å². The summed E-state index contributed by atoms with van der Waals surface area (Å²) in [6.07, 6.45) is 7.07. The van der Waals surface area contributed by atoms with Gasteiger partial charge < -0.3 is 9.47 Å². The van der Waals surface area contributed by atoms with Crippen molar-refractivity contribution in [3.05, 3.63) is 59.7 Å². The lowest BCUT2D eigenvalue weighted by atomic mass is 10.2. The van der Waals surface area contributed by atoms with Crippen molar-refractivity contribution < 1.29 is 9.47 Å². The van der Waals surface area contributed by atoms with Crippen molar-refractivity contribution in [2.75, 3.05) is 13.2 Å². The van der Waals surface area contributed by atoms with Gasteiger partial charge in [-0.2, -0.15) is 0 Å². The molecule has 0 heterocycles. The molecule has 0 N–H and O–H groups in total. The molecule has 0 aliphatic carbocycles. The molecule has 0 saturated carbocycles. The van der Waals surface area contributed by atoms with Gasteiger partial charge in [0, 0.05) is 0 Å². The van der Waals surface area contributed by atoms with Gasteiger partial charge in [0.1, 0.15) is 11.5 Å². The highest BCUT2D eigenvalue weighted by Crippen LogP contribution is 2.13. The van der Waals surface area contributed by atoms with E-state index in [0.29, 0.717) is 0 Å². The van der Waals surface area contributed by atoms with E-state index in [-0.39, 0.29) is 0 Å². The van der Waals surface area contributed by atoms with Crippen molar-refractivity contribution in [2.45, 2.75) is 66.2 Å². The summed E-state index contributed by atoms with van der Waals surface area (Å²) in [5, 5.41) is 0. The molecule has 2 heteroatoms. The Hall–Kier alpha value is -1.96. The van der Waals surface area contributed by atoms with Gasteiger partial charge in [0.2, 0.25) is 0 Å². The van der Waals surface area contributed by atoms with Crippen molar-refractivity contribution in [2.24, 2.45) is 0 Å². The Balaban J connectivity index is 0.000000260. The Kier molecular flexibility index (Phi) is 12.1. The number of hydrogen-bond donors (Lipinski definition) is 0. The first-order valence-corrected chi connectivity index (χ1v) is 10.1. The van der Waals surface area contributed by atoms with Crippen LogP contribution in [0.4, 0.5) is 0 Å². The van der Waals surface area contributed by atoms with E-state index in [0.717, 1.165) is 44.0 Å². The molecule has 0 atom stereocenters. The molecule has 26 heavy (non-hydrogen) atoms. The zero-order valence-corrected chi connectivity index (χ0v) is 17.1. The predicted molar refractivity (Wildman–Crippen MR) is 112 cm³/mol. The lowest BCUT2D eigenvalue weighted by Crippen LogP contribution is -1.96. The molecule has 0 aliphatic heterocycles. The van der Waals surface area contributed by atoms with Crippen LogP contribution in [0.25, 0.3) is 0 Å². The fraction of sp³-hybridized carbons (Fsp3) is 0.500. The molecule has 0 saturated heterocycles. The molecule has 0 unspecified atom stereocenters. The Morgan fingerprint density at radius 1 is 0.615 bits per heavy atom. The number of benzene rings is 2. The molecule has 2 nitrogen and oxygen atoms in total. The first kappa shape index (κ1) is 22.1. The third-order valence-electron chi connectivity index (χ3n) is 4.14. The summed E-state index contributed by atoms with van der Waals surface area (Å²) in [6.45, 7) is 10.3.